The van der Waals surface area contributed by atoms with Crippen LogP contribution in [0.3, 0.4) is 0 Å². The Morgan fingerprint density at radius 2 is 2.06 bits per heavy atom. The molecule has 0 aromatic heterocycles. The van der Waals surface area contributed by atoms with Crippen LogP contribution in [0.4, 0.5) is 16.2 Å². The number of carbonyl (C=O) groups is 1. The molecular formula is C13H18N2O3. The molecule has 1 aliphatic rings. The van der Waals surface area contributed by atoms with E-state index in [4.69, 9.17) is 4.74 Å². The Balaban J connectivity index is 1.95. The number of anilines is 2. The van der Waals surface area contributed by atoms with Crippen molar-refractivity contribution in [3.05, 3.63) is 24.3 Å². The first kappa shape index (κ1) is 12.7. The van der Waals surface area contributed by atoms with E-state index in [1.54, 1.807) is 0 Å². The minimum atomic E-state index is -0.460. The molecule has 1 heterocycles. The summed E-state index contributed by atoms with van der Waals surface area (Å²) >= 11 is 0. The van der Waals surface area contributed by atoms with Gasteiger partial charge in [-0.1, -0.05) is 6.07 Å². The number of rotatable bonds is 3. The van der Waals surface area contributed by atoms with Crippen LogP contribution in [0.25, 0.3) is 0 Å². The fourth-order valence-corrected chi connectivity index (χ4v) is 1.93. The molecule has 2 N–H and O–H groups in total. The lowest BCUT2D eigenvalue weighted by molar-refractivity contribution is 0.0904. The van der Waals surface area contributed by atoms with Crippen LogP contribution in [0.1, 0.15) is 12.8 Å². The van der Waals surface area contributed by atoms with Crippen molar-refractivity contribution >= 4 is 17.5 Å². The normalized spacial score (nSPS) is 16.1. The van der Waals surface area contributed by atoms with Crippen molar-refractivity contribution < 1.29 is 14.3 Å². The van der Waals surface area contributed by atoms with Crippen LogP contribution < -0.4 is 10.6 Å². The van der Waals surface area contributed by atoms with Crippen molar-refractivity contribution in [1.29, 1.82) is 0 Å². The summed E-state index contributed by atoms with van der Waals surface area (Å²) in [6.07, 6.45) is 1.56. The van der Waals surface area contributed by atoms with Gasteiger partial charge in [0.2, 0.25) is 0 Å². The summed E-state index contributed by atoms with van der Waals surface area (Å²) in [7, 11) is 1.35. The molecule has 0 unspecified atom stereocenters. The molecule has 0 atom stereocenters. The molecule has 2 rings (SSSR count). The molecule has 0 spiro atoms. The van der Waals surface area contributed by atoms with Crippen LogP contribution in [0.5, 0.6) is 0 Å². The highest BCUT2D eigenvalue weighted by Crippen LogP contribution is 2.19. The molecule has 5 heteroatoms. The van der Waals surface area contributed by atoms with Crippen molar-refractivity contribution in [1.82, 2.24) is 0 Å². The van der Waals surface area contributed by atoms with Gasteiger partial charge in [-0.05, 0) is 31.0 Å². The predicted octanol–water partition coefficient (Wildman–Crippen LogP) is 2.46. The topological polar surface area (TPSA) is 59.6 Å². The van der Waals surface area contributed by atoms with Crippen molar-refractivity contribution in [2.45, 2.75) is 18.9 Å². The summed E-state index contributed by atoms with van der Waals surface area (Å²) < 4.78 is 9.87. The van der Waals surface area contributed by atoms with Crippen LogP contribution in [-0.2, 0) is 9.47 Å². The third-order valence-corrected chi connectivity index (χ3v) is 2.89. The van der Waals surface area contributed by atoms with Crippen molar-refractivity contribution in [3.8, 4) is 0 Å². The molecule has 1 saturated heterocycles. The average Bonchev–Trinajstić information content (AvgIpc) is 2.40. The fourth-order valence-electron chi connectivity index (χ4n) is 1.93. The van der Waals surface area contributed by atoms with Gasteiger partial charge in [0.1, 0.15) is 0 Å². The third-order valence-electron chi connectivity index (χ3n) is 2.89. The number of ether oxygens (including phenoxy) is 2. The number of hydrogen-bond acceptors (Lipinski definition) is 4. The van der Waals surface area contributed by atoms with E-state index < -0.39 is 6.09 Å². The van der Waals surface area contributed by atoms with Gasteiger partial charge in [-0.25, -0.2) is 4.79 Å². The maximum atomic E-state index is 11.1. The standard InChI is InChI=1S/C13H18N2O3/c1-17-13(16)15-12-4-2-3-11(9-12)14-10-5-7-18-8-6-10/h2-4,9-10,14H,5-8H2,1H3,(H,15,16). The maximum absolute atomic E-state index is 11.1. The molecule has 0 bridgehead atoms. The molecule has 18 heavy (non-hydrogen) atoms. The van der Waals surface area contributed by atoms with Gasteiger partial charge in [0, 0.05) is 30.6 Å². The Bertz CT molecular complexity index is 403. The van der Waals surface area contributed by atoms with Gasteiger partial charge in [0.15, 0.2) is 0 Å². The molecule has 0 radical (unpaired) electrons. The molecular weight excluding hydrogens is 232 g/mol. The van der Waals surface area contributed by atoms with E-state index in [0.717, 1.165) is 37.4 Å². The minimum Gasteiger partial charge on any atom is -0.453 e. The first-order valence-corrected chi connectivity index (χ1v) is 6.07. The minimum absolute atomic E-state index is 0.437. The summed E-state index contributed by atoms with van der Waals surface area (Å²) in [6.45, 7) is 1.61. The monoisotopic (exact) mass is 250 g/mol. The van der Waals surface area contributed by atoms with E-state index in [1.165, 1.54) is 7.11 Å². The summed E-state index contributed by atoms with van der Waals surface area (Å²) in [5.41, 5.74) is 1.72. The molecule has 1 aromatic rings. The smallest absolute Gasteiger partial charge is 0.411 e. The van der Waals surface area contributed by atoms with Crippen LogP contribution in [0, 0.1) is 0 Å². The van der Waals surface area contributed by atoms with Crippen LogP contribution in [-0.4, -0.2) is 32.5 Å². The molecule has 0 saturated carbocycles. The third kappa shape index (κ3) is 3.63. The Morgan fingerprint density at radius 3 is 2.78 bits per heavy atom. The van der Waals surface area contributed by atoms with Gasteiger partial charge in [-0.15, -0.1) is 0 Å². The van der Waals surface area contributed by atoms with Crippen LogP contribution in [0.2, 0.25) is 0 Å². The molecule has 1 aliphatic heterocycles. The molecule has 1 aromatic carbocycles. The lowest BCUT2D eigenvalue weighted by Gasteiger charge is -2.24. The van der Waals surface area contributed by atoms with E-state index in [0.29, 0.717) is 6.04 Å². The Morgan fingerprint density at radius 1 is 1.33 bits per heavy atom. The molecule has 5 nitrogen and oxygen atoms in total. The van der Waals surface area contributed by atoms with E-state index in [2.05, 4.69) is 15.4 Å². The summed E-state index contributed by atoms with van der Waals surface area (Å²) in [6, 6.07) is 8.04. The average molecular weight is 250 g/mol. The molecule has 1 amide bonds. The Kier molecular flexibility index (Phi) is 4.41. The SMILES string of the molecule is COC(=O)Nc1cccc(NC2CCOCC2)c1. The zero-order valence-corrected chi connectivity index (χ0v) is 10.4. The van der Waals surface area contributed by atoms with Gasteiger partial charge in [-0.2, -0.15) is 0 Å². The van der Waals surface area contributed by atoms with E-state index in [9.17, 15) is 4.79 Å². The second kappa shape index (κ2) is 6.26. The van der Waals surface area contributed by atoms with Gasteiger partial charge in [-0.3, -0.25) is 5.32 Å². The summed E-state index contributed by atoms with van der Waals surface area (Å²) in [5.74, 6) is 0. The number of hydrogen-bond donors (Lipinski definition) is 2. The quantitative estimate of drug-likeness (QED) is 0.865. The summed E-state index contributed by atoms with van der Waals surface area (Å²) in [5, 5.41) is 6.08. The number of nitrogens with one attached hydrogen (secondary N) is 2. The highest BCUT2D eigenvalue weighted by atomic mass is 16.5. The van der Waals surface area contributed by atoms with E-state index in [1.807, 2.05) is 24.3 Å². The van der Waals surface area contributed by atoms with Gasteiger partial charge in [0.05, 0.1) is 7.11 Å². The number of benzene rings is 1. The second-order valence-electron chi connectivity index (χ2n) is 4.23. The zero-order chi connectivity index (χ0) is 12.8. The van der Waals surface area contributed by atoms with Gasteiger partial charge >= 0.3 is 6.09 Å². The van der Waals surface area contributed by atoms with Crippen LogP contribution in [0.15, 0.2) is 24.3 Å². The number of carbonyl (C=O) groups excluding carboxylic acids is 1. The zero-order valence-electron chi connectivity index (χ0n) is 10.4. The second-order valence-corrected chi connectivity index (χ2v) is 4.23. The first-order valence-electron chi connectivity index (χ1n) is 6.07. The van der Waals surface area contributed by atoms with Crippen molar-refractivity contribution in [3.63, 3.8) is 0 Å². The highest BCUT2D eigenvalue weighted by Gasteiger charge is 2.13. The number of amides is 1. The molecule has 0 aliphatic carbocycles. The Hall–Kier alpha value is -1.75. The lowest BCUT2D eigenvalue weighted by Crippen LogP contribution is -2.27. The number of methoxy groups -OCH3 is 1. The highest BCUT2D eigenvalue weighted by molar-refractivity contribution is 5.85. The van der Waals surface area contributed by atoms with E-state index in [-0.39, 0.29) is 0 Å². The summed E-state index contributed by atoms with van der Waals surface area (Å²) in [4.78, 5) is 11.1. The molecule has 1 fully saturated rings. The Labute approximate surface area is 106 Å². The van der Waals surface area contributed by atoms with Gasteiger partial charge < -0.3 is 14.8 Å². The fraction of sp³-hybridized carbons (Fsp3) is 0.462. The largest absolute Gasteiger partial charge is 0.453 e. The molecule has 98 valence electrons. The van der Waals surface area contributed by atoms with Gasteiger partial charge in [0.25, 0.3) is 0 Å². The lowest BCUT2D eigenvalue weighted by atomic mass is 10.1. The van der Waals surface area contributed by atoms with Crippen LogP contribution >= 0.6 is 0 Å². The first-order chi connectivity index (χ1) is 8.78. The van der Waals surface area contributed by atoms with E-state index >= 15 is 0 Å². The predicted molar refractivity (Wildman–Crippen MR) is 69.9 cm³/mol. The maximum Gasteiger partial charge on any atom is 0.411 e. The van der Waals surface area contributed by atoms with Crippen molar-refractivity contribution in [2.75, 3.05) is 31.0 Å². The van der Waals surface area contributed by atoms with Crippen molar-refractivity contribution in [2.24, 2.45) is 0 Å².